The molecule has 0 aromatic carbocycles. The molecule has 1 amide bonds. The van der Waals surface area contributed by atoms with E-state index in [4.69, 9.17) is 0 Å². The highest BCUT2D eigenvalue weighted by molar-refractivity contribution is 5.95. The Kier molecular flexibility index (Phi) is 4.78. The molecule has 0 aliphatic carbocycles. The van der Waals surface area contributed by atoms with Gasteiger partial charge in [-0.2, -0.15) is 13.2 Å². The van der Waals surface area contributed by atoms with Gasteiger partial charge in [0, 0.05) is 6.54 Å². The van der Waals surface area contributed by atoms with Gasteiger partial charge in [0.2, 0.25) is 0 Å². The number of nitrogens with one attached hydrogen (secondary N) is 1. The van der Waals surface area contributed by atoms with Crippen LogP contribution < -0.4 is 5.32 Å². The first-order valence-electron chi connectivity index (χ1n) is 6.34. The Morgan fingerprint density at radius 3 is 2.30 bits per heavy atom. The normalized spacial score (nSPS) is 12.3. The maximum absolute atomic E-state index is 12.5. The third-order valence-corrected chi connectivity index (χ3v) is 2.78. The number of aryl methyl sites for hydroxylation is 1. The number of hydrogen-bond donors (Lipinski definition) is 1. The number of hydrogen-bond acceptors (Lipinski definition) is 2. The van der Waals surface area contributed by atoms with Crippen LogP contribution in [0, 0.1) is 12.3 Å². The Bertz CT molecular complexity index is 490. The smallest absolute Gasteiger partial charge is 0.352 e. The van der Waals surface area contributed by atoms with Gasteiger partial charge in [0.15, 0.2) is 0 Å². The molecular formula is C14H19F3N2O. The summed E-state index contributed by atoms with van der Waals surface area (Å²) in [6.07, 6.45) is -3.71. The SMILES string of the molecule is Cc1nc(C(F)(F)F)ccc1C(=O)NCCC(C)(C)C. The molecule has 1 heterocycles. The predicted molar refractivity (Wildman–Crippen MR) is 70.4 cm³/mol. The quantitative estimate of drug-likeness (QED) is 0.923. The van der Waals surface area contributed by atoms with Gasteiger partial charge in [-0.3, -0.25) is 4.79 Å². The molecule has 0 saturated heterocycles. The zero-order valence-corrected chi connectivity index (χ0v) is 12.1. The van der Waals surface area contributed by atoms with Crippen molar-refractivity contribution in [1.82, 2.24) is 10.3 Å². The van der Waals surface area contributed by atoms with Crippen molar-refractivity contribution in [2.24, 2.45) is 5.41 Å². The zero-order chi connectivity index (χ0) is 15.6. The van der Waals surface area contributed by atoms with Crippen molar-refractivity contribution in [3.63, 3.8) is 0 Å². The Morgan fingerprint density at radius 1 is 1.25 bits per heavy atom. The van der Waals surface area contributed by atoms with Crippen LogP contribution in [0.15, 0.2) is 12.1 Å². The molecule has 0 atom stereocenters. The van der Waals surface area contributed by atoms with Gasteiger partial charge in [0.05, 0.1) is 11.3 Å². The van der Waals surface area contributed by atoms with E-state index in [0.717, 1.165) is 18.6 Å². The lowest BCUT2D eigenvalue weighted by Gasteiger charge is -2.18. The lowest BCUT2D eigenvalue weighted by atomic mass is 9.92. The Balaban J connectivity index is 2.75. The van der Waals surface area contributed by atoms with Crippen LogP contribution in [-0.2, 0) is 6.18 Å². The molecule has 3 nitrogen and oxygen atoms in total. The van der Waals surface area contributed by atoms with Crippen LogP contribution in [0.25, 0.3) is 0 Å². The van der Waals surface area contributed by atoms with Crippen LogP contribution in [0.3, 0.4) is 0 Å². The van der Waals surface area contributed by atoms with E-state index in [1.54, 1.807) is 0 Å². The van der Waals surface area contributed by atoms with Crippen molar-refractivity contribution < 1.29 is 18.0 Å². The van der Waals surface area contributed by atoms with Crippen LogP contribution in [0.4, 0.5) is 13.2 Å². The topological polar surface area (TPSA) is 42.0 Å². The molecule has 1 N–H and O–H groups in total. The highest BCUT2D eigenvalue weighted by Crippen LogP contribution is 2.28. The van der Waals surface area contributed by atoms with Crippen molar-refractivity contribution in [1.29, 1.82) is 0 Å². The Hall–Kier alpha value is -1.59. The number of carbonyl (C=O) groups excluding carboxylic acids is 1. The van der Waals surface area contributed by atoms with Crippen molar-refractivity contribution in [2.45, 2.75) is 40.3 Å². The van der Waals surface area contributed by atoms with E-state index in [0.29, 0.717) is 6.54 Å². The van der Waals surface area contributed by atoms with Crippen molar-refractivity contribution in [3.8, 4) is 0 Å². The molecule has 0 unspecified atom stereocenters. The molecule has 0 bridgehead atoms. The van der Waals surface area contributed by atoms with E-state index in [9.17, 15) is 18.0 Å². The van der Waals surface area contributed by atoms with E-state index in [1.807, 2.05) is 20.8 Å². The van der Waals surface area contributed by atoms with Crippen LogP contribution in [-0.4, -0.2) is 17.4 Å². The first-order valence-corrected chi connectivity index (χ1v) is 6.34. The van der Waals surface area contributed by atoms with Crippen LogP contribution in [0.2, 0.25) is 0 Å². The fourth-order valence-corrected chi connectivity index (χ4v) is 1.61. The van der Waals surface area contributed by atoms with E-state index >= 15 is 0 Å². The molecular weight excluding hydrogens is 269 g/mol. The summed E-state index contributed by atoms with van der Waals surface area (Å²) in [5, 5.41) is 2.69. The van der Waals surface area contributed by atoms with Gasteiger partial charge in [0.25, 0.3) is 5.91 Å². The molecule has 0 spiro atoms. The number of rotatable bonds is 3. The minimum atomic E-state index is -4.49. The summed E-state index contributed by atoms with van der Waals surface area (Å²) in [6.45, 7) is 8.01. The van der Waals surface area contributed by atoms with E-state index in [1.165, 1.54) is 6.92 Å². The number of pyridine rings is 1. The second-order valence-corrected chi connectivity index (χ2v) is 5.89. The molecule has 0 aliphatic rings. The fraction of sp³-hybridized carbons (Fsp3) is 0.571. The summed E-state index contributed by atoms with van der Waals surface area (Å²) in [6, 6.07) is 1.99. The van der Waals surface area contributed by atoms with Gasteiger partial charge < -0.3 is 5.32 Å². The summed E-state index contributed by atoms with van der Waals surface area (Å²) in [5.41, 5.74) is -0.651. The largest absolute Gasteiger partial charge is 0.433 e. The molecule has 1 aromatic heterocycles. The van der Waals surface area contributed by atoms with E-state index in [2.05, 4.69) is 10.3 Å². The number of alkyl halides is 3. The number of aromatic nitrogens is 1. The number of halogens is 3. The Morgan fingerprint density at radius 2 is 1.85 bits per heavy atom. The average molecular weight is 288 g/mol. The van der Waals surface area contributed by atoms with Crippen LogP contribution in [0.5, 0.6) is 0 Å². The zero-order valence-electron chi connectivity index (χ0n) is 12.1. The standard InChI is InChI=1S/C14H19F3N2O/c1-9-10(5-6-11(19-9)14(15,16)17)12(20)18-8-7-13(2,3)4/h5-6H,7-8H2,1-4H3,(H,18,20). The highest BCUT2D eigenvalue weighted by Gasteiger charge is 2.33. The first kappa shape index (κ1) is 16.5. The van der Waals surface area contributed by atoms with Gasteiger partial charge in [-0.05, 0) is 30.9 Å². The van der Waals surface area contributed by atoms with Gasteiger partial charge in [-0.15, -0.1) is 0 Å². The third kappa shape index (κ3) is 4.83. The van der Waals surface area contributed by atoms with Gasteiger partial charge in [-0.1, -0.05) is 20.8 Å². The van der Waals surface area contributed by atoms with E-state index < -0.39 is 17.8 Å². The predicted octanol–water partition coefficient (Wildman–Crippen LogP) is 3.57. The van der Waals surface area contributed by atoms with Gasteiger partial charge >= 0.3 is 6.18 Å². The highest BCUT2D eigenvalue weighted by atomic mass is 19.4. The van der Waals surface area contributed by atoms with Crippen molar-refractivity contribution >= 4 is 5.91 Å². The minimum absolute atomic E-state index is 0.0769. The second-order valence-electron chi connectivity index (χ2n) is 5.89. The molecule has 1 aromatic rings. The maximum Gasteiger partial charge on any atom is 0.433 e. The molecule has 0 fully saturated rings. The summed E-state index contributed by atoms with van der Waals surface area (Å²) >= 11 is 0. The lowest BCUT2D eigenvalue weighted by Crippen LogP contribution is -2.28. The molecule has 1 rings (SSSR count). The summed E-state index contributed by atoms with van der Waals surface area (Å²) in [7, 11) is 0. The second kappa shape index (κ2) is 5.81. The average Bonchev–Trinajstić information content (AvgIpc) is 2.25. The molecule has 6 heteroatoms. The molecule has 0 aliphatic heterocycles. The lowest BCUT2D eigenvalue weighted by molar-refractivity contribution is -0.141. The van der Waals surface area contributed by atoms with Crippen LogP contribution >= 0.6 is 0 Å². The molecule has 0 saturated carbocycles. The van der Waals surface area contributed by atoms with Crippen LogP contribution in [0.1, 0.15) is 48.9 Å². The molecule has 0 radical (unpaired) electrons. The monoisotopic (exact) mass is 288 g/mol. The number of nitrogens with zero attached hydrogens (tertiary/aromatic N) is 1. The van der Waals surface area contributed by atoms with Gasteiger partial charge in [0.1, 0.15) is 5.69 Å². The van der Waals surface area contributed by atoms with Crippen molar-refractivity contribution in [3.05, 3.63) is 29.1 Å². The minimum Gasteiger partial charge on any atom is -0.352 e. The Labute approximate surface area is 116 Å². The summed E-state index contributed by atoms with van der Waals surface area (Å²) in [5.74, 6) is -0.395. The maximum atomic E-state index is 12.5. The van der Waals surface area contributed by atoms with E-state index in [-0.39, 0.29) is 16.7 Å². The molecule has 20 heavy (non-hydrogen) atoms. The van der Waals surface area contributed by atoms with Gasteiger partial charge in [-0.25, -0.2) is 4.98 Å². The first-order chi connectivity index (χ1) is 9.00. The molecule has 112 valence electrons. The number of amides is 1. The summed E-state index contributed by atoms with van der Waals surface area (Å²) in [4.78, 5) is 15.3. The fourth-order valence-electron chi connectivity index (χ4n) is 1.61. The number of carbonyl (C=O) groups is 1. The van der Waals surface area contributed by atoms with Crippen molar-refractivity contribution in [2.75, 3.05) is 6.54 Å². The summed E-state index contributed by atoms with van der Waals surface area (Å²) < 4.78 is 37.4. The third-order valence-electron chi connectivity index (χ3n) is 2.78.